The molecule has 1 aromatic heterocycles. The van der Waals surface area contributed by atoms with E-state index in [1.807, 2.05) is 18.3 Å². The molecule has 0 radical (unpaired) electrons. The van der Waals surface area contributed by atoms with Crippen LogP contribution in [0.2, 0.25) is 0 Å². The summed E-state index contributed by atoms with van der Waals surface area (Å²) in [7, 11) is 0. The minimum absolute atomic E-state index is 0.369. The second-order valence-electron chi connectivity index (χ2n) is 3.97. The molecule has 2 rings (SSSR count). The summed E-state index contributed by atoms with van der Waals surface area (Å²) in [4.78, 5) is 14.8. The van der Waals surface area contributed by atoms with Crippen molar-refractivity contribution in [1.29, 1.82) is 0 Å². The number of aliphatic carboxylic acids is 1. The van der Waals surface area contributed by atoms with Gasteiger partial charge in [0.15, 0.2) is 0 Å². The van der Waals surface area contributed by atoms with E-state index in [1.54, 1.807) is 6.20 Å². The Morgan fingerprint density at radius 1 is 1.67 bits per heavy atom. The van der Waals surface area contributed by atoms with Gasteiger partial charge in [0.2, 0.25) is 0 Å². The molecule has 1 unspecified atom stereocenters. The van der Waals surface area contributed by atoms with Crippen LogP contribution in [0.3, 0.4) is 0 Å². The Morgan fingerprint density at radius 2 is 2.53 bits per heavy atom. The van der Waals surface area contributed by atoms with Gasteiger partial charge in [-0.05, 0) is 36.9 Å². The highest BCUT2D eigenvalue weighted by molar-refractivity contribution is 5.73. The molecule has 0 spiro atoms. The number of nitrogens with one attached hydrogen (secondary N) is 1. The van der Waals surface area contributed by atoms with Gasteiger partial charge >= 0.3 is 5.97 Å². The van der Waals surface area contributed by atoms with Crippen molar-refractivity contribution < 1.29 is 9.90 Å². The highest BCUT2D eigenvalue weighted by Gasteiger charge is 2.28. The van der Waals surface area contributed by atoms with Crippen LogP contribution in [0.5, 0.6) is 0 Å². The first-order valence-electron chi connectivity index (χ1n) is 5.11. The molecular formula is C11H14N2O2. The zero-order valence-electron chi connectivity index (χ0n) is 8.39. The van der Waals surface area contributed by atoms with Crippen LogP contribution in [-0.4, -0.2) is 28.6 Å². The summed E-state index contributed by atoms with van der Waals surface area (Å²) in [5, 5.41) is 11.8. The van der Waals surface area contributed by atoms with E-state index >= 15 is 0 Å². The summed E-state index contributed by atoms with van der Waals surface area (Å²) >= 11 is 0. The zero-order valence-corrected chi connectivity index (χ0v) is 8.39. The Kier molecular flexibility index (Phi) is 2.97. The topological polar surface area (TPSA) is 62.2 Å². The first-order chi connectivity index (χ1) is 7.25. The van der Waals surface area contributed by atoms with Crippen molar-refractivity contribution in [2.24, 2.45) is 5.92 Å². The average molecular weight is 206 g/mol. The summed E-state index contributed by atoms with van der Waals surface area (Å²) in [6.45, 7) is 0.784. The van der Waals surface area contributed by atoms with E-state index in [1.165, 1.54) is 5.56 Å². The zero-order chi connectivity index (χ0) is 10.7. The third kappa shape index (κ3) is 2.53. The molecule has 0 saturated carbocycles. The minimum atomic E-state index is -0.747. The number of nitrogens with zero attached hydrogens (tertiary/aromatic N) is 1. The molecule has 0 amide bonds. The van der Waals surface area contributed by atoms with Crippen LogP contribution in [0, 0.1) is 5.92 Å². The fraction of sp³-hybridized carbons (Fsp3) is 0.455. The van der Waals surface area contributed by atoms with E-state index < -0.39 is 5.97 Å². The molecule has 80 valence electrons. The normalized spacial score (nSPS) is 25.3. The third-order valence-corrected chi connectivity index (χ3v) is 2.77. The number of hydrogen-bond acceptors (Lipinski definition) is 3. The smallest absolute Gasteiger partial charge is 0.320 e. The molecule has 1 aliphatic heterocycles. The summed E-state index contributed by atoms with van der Waals surface area (Å²) in [5.41, 5.74) is 1.18. The van der Waals surface area contributed by atoms with Gasteiger partial charge in [0.05, 0.1) is 0 Å². The highest BCUT2D eigenvalue weighted by atomic mass is 16.4. The van der Waals surface area contributed by atoms with Gasteiger partial charge in [-0.2, -0.15) is 0 Å². The maximum absolute atomic E-state index is 10.7. The standard InChI is InChI=1S/C11H14N2O2/c14-11(15)10-5-9(7-13-10)4-8-2-1-3-12-6-8/h1-3,6,9-10,13H,4-5,7H2,(H,14,15)/t9?,10-/m0/s1. The van der Waals surface area contributed by atoms with Crippen LogP contribution >= 0.6 is 0 Å². The van der Waals surface area contributed by atoms with Crippen LogP contribution in [-0.2, 0) is 11.2 Å². The minimum Gasteiger partial charge on any atom is -0.480 e. The SMILES string of the molecule is O=C(O)[C@@H]1CC(Cc2cccnc2)CN1. The molecule has 0 aliphatic carbocycles. The lowest BCUT2D eigenvalue weighted by molar-refractivity contribution is -0.139. The molecular weight excluding hydrogens is 192 g/mol. The van der Waals surface area contributed by atoms with Crippen LogP contribution in [0.4, 0.5) is 0 Å². The fourth-order valence-electron chi connectivity index (χ4n) is 2.00. The van der Waals surface area contributed by atoms with E-state index in [9.17, 15) is 4.79 Å². The van der Waals surface area contributed by atoms with Crippen molar-refractivity contribution in [2.45, 2.75) is 18.9 Å². The second-order valence-corrected chi connectivity index (χ2v) is 3.97. The molecule has 1 aromatic rings. The molecule has 1 aliphatic rings. The van der Waals surface area contributed by atoms with Crippen molar-refractivity contribution >= 4 is 5.97 Å². The number of pyridine rings is 1. The lowest BCUT2D eigenvalue weighted by Crippen LogP contribution is -2.29. The van der Waals surface area contributed by atoms with E-state index in [0.717, 1.165) is 13.0 Å². The predicted molar refractivity (Wildman–Crippen MR) is 55.5 cm³/mol. The van der Waals surface area contributed by atoms with Crippen molar-refractivity contribution in [1.82, 2.24) is 10.3 Å². The first kappa shape index (κ1) is 10.1. The Balaban J connectivity index is 1.90. The van der Waals surface area contributed by atoms with Crippen LogP contribution in [0.15, 0.2) is 24.5 Å². The molecule has 1 saturated heterocycles. The number of carboxylic acid groups (broad SMARTS) is 1. The molecule has 2 N–H and O–H groups in total. The number of rotatable bonds is 3. The third-order valence-electron chi connectivity index (χ3n) is 2.77. The van der Waals surface area contributed by atoms with Gasteiger partial charge in [-0.15, -0.1) is 0 Å². The van der Waals surface area contributed by atoms with E-state index in [0.29, 0.717) is 12.3 Å². The Morgan fingerprint density at radius 3 is 3.13 bits per heavy atom. The molecule has 0 bridgehead atoms. The Bertz CT molecular complexity index is 340. The van der Waals surface area contributed by atoms with Gasteiger partial charge in [0.25, 0.3) is 0 Å². The first-order valence-corrected chi connectivity index (χ1v) is 5.11. The van der Waals surface area contributed by atoms with Gasteiger partial charge < -0.3 is 10.4 Å². The molecule has 1 fully saturated rings. The molecule has 4 heteroatoms. The van der Waals surface area contributed by atoms with Gasteiger partial charge in [-0.3, -0.25) is 9.78 Å². The average Bonchev–Trinajstić information content (AvgIpc) is 2.68. The van der Waals surface area contributed by atoms with E-state index in [-0.39, 0.29) is 6.04 Å². The maximum atomic E-state index is 10.7. The van der Waals surface area contributed by atoms with E-state index in [2.05, 4.69) is 10.3 Å². The quantitative estimate of drug-likeness (QED) is 0.763. The van der Waals surface area contributed by atoms with Gasteiger partial charge in [-0.25, -0.2) is 0 Å². The predicted octanol–water partition coefficient (Wildman–Crippen LogP) is 0.687. The largest absolute Gasteiger partial charge is 0.480 e. The molecule has 2 atom stereocenters. The van der Waals surface area contributed by atoms with Gasteiger partial charge in [0.1, 0.15) is 6.04 Å². The molecule has 2 heterocycles. The maximum Gasteiger partial charge on any atom is 0.320 e. The van der Waals surface area contributed by atoms with Gasteiger partial charge in [-0.1, -0.05) is 6.07 Å². The summed E-state index contributed by atoms with van der Waals surface area (Å²) in [6, 6.07) is 3.57. The van der Waals surface area contributed by atoms with Crippen molar-refractivity contribution in [3.8, 4) is 0 Å². The highest BCUT2D eigenvalue weighted by Crippen LogP contribution is 2.18. The number of carbonyl (C=O) groups is 1. The monoisotopic (exact) mass is 206 g/mol. The summed E-state index contributed by atoms with van der Waals surface area (Å²) in [5.74, 6) is -0.334. The second kappa shape index (κ2) is 4.40. The molecule has 15 heavy (non-hydrogen) atoms. The molecule has 4 nitrogen and oxygen atoms in total. The summed E-state index contributed by atoms with van der Waals surface area (Å²) < 4.78 is 0. The van der Waals surface area contributed by atoms with Gasteiger partial charge in [0, 0.05) is 12.4 Å². The lowest BCUT2D eigenvalue weighted by atomic mass is 9.98. The Hall–Kier alpha value is -1.42. The fourth-order valence-corrected chi connectivity index (χ4v) is 2.00. The van der Waals surface area contributed by atoms with Crippen molar-refractivity contribution in [3.63, 3.8) is 0 Å². The summed E-state index contributed by atoms with van der Waals surface area (Å²) in [6.07, 6.45) is 5.21. The number of aromatic nitrogens is 1. The van der Waals surface area contributed by atoms with E-state index in [4.69, 9.17) is 5.11 Å². The van der Waals surface area contributed by atoms with Crippen LogP contribution in [0.1, 0.15) is 12.0 Å². The lowest BCUT2D eigenvalue weighted by Gasteiger charge is -2.07. The number of hydrogen-bond donors (Lipinski definition) is 2. The van der Waals surface area contributed by atoms with Crippen molar-refractivity contribution in [3.05, 3.63) is 30.1 Å². The molecule has 0 aromatic carbocycles. The van der Waals surface area contributed by atoms with Crippen LogP contribution < -0.4 is 5.32 Å². The van der Waals surface area contributed by atoms with Crippen molar-refractivity contribution in [2.75, 3.05) is 6.54 Å². The Labute approximate surface area is 88.3 Å². The number of carboxylic acids is 1. The van der Waals surface area contributed by atoms with Crippen LogP contribution in [0.25, 0.3) is 0 Å².